The zero-order valence-electron chi connectivity index (χ0n) is 13.1. The molecule has 0 aliphatic carbocycles. The minimum atomic E-state index is 0.221. The minimum absolute atomic E-state index is 0.221. The lowest BCUT2D eigenvalue weighted by molar-refractivity contribution is 0.0648. The summed E-state index contributed by atoms with van der Waals surface area (Å²) in [5.74, 6) is 0. The molecule has 4 nitrogen and oxygen atoms in total. The topological polar surface area (TPSA) is 28.6 Å². The number of pyridine rings is 1. The Kier molecular flexibility index (Phi) is 3.36. The van der Waals surface area contributed by atoms with Crippen molar-refractivity contribution in [1.82, 2.24) is 9.88 Å². The Hall–Kier alpha value is -1.91. The van der Waals surface area contributed by atoms with E-state index in [2.05, 4.69) is 59.4 Å². The molecular weight excluding hydrogens is 274 g/mol. The molecule has 2 unspecified atom stereocenters. The molecule has 114 valence electrons. The van der Waals surface area contributed by atoms with Gasteiger partial charge in [0.15, 0.2) is 0 Å². The van der Waals surface area contributed by atoms with E-state index in [1.165, 1.54) is 11.1 Å². The predicted octanol–water partition coefficient (Wildman–Crippen LogP) is 2.80. The maximum absolute atomic E-state index is 6.29. The van der Waals surface area contributed by atoms with Crippen LogP contribution in [0.25, 0.3) is 0 Å². The Labute approximate surface area is 131 Å². The fourth-order valence-electron chi connectivity index (χ4n) is 3.58. The number of aromatic nitrogens is 1. The lowest BCUT2D eigenvalue weighted by atomic mass is 9.95. The molecule has 4 rings (SSSR count). The summed E-state index contributed by atoms with van der Waals surface area (Å²) >= 11 is 0. The average molecular weight is 295 g/mol. The van der Waals surface area contributed by atoms with Crippen LogP contribution in [0.2, 0.25) is 0 Å². The Morgan fingerprint density at radius 1 is 1.23 bits per heavy atom. The van der Waals surface area contributed by atoms with Crippen molar-refractivity contribution in [1.29, 1.82) is 0 Å². The summed E-state index contributed by atoms with van der Waals surface area (Å²) in [5, 5.41) is 2.10. The molecule has 0 bridgehead atoms. The Morgan fingerprint density at radius 2 is 2.09 bits per heavy atom. The van der Waals surface area contributed by atoms with E-state index in [1.807, 2.05) is 12.3 Å². The molecule has 0 spiro atoms. The van der Waals surface area contributed by atoms with Gasteiger partial charge in [-0.3, -0.25) is 9.82 Å². The van der Waals surface area contributed by atoms with Crippen LogP contribution < -0.4 is 5.06 Å². The number of benzene rings is 1. The summed E-state index contributed by atoms with van der Waals surface area (Å²) < 4.78 is 0. The molecule has 1 aromatic carbocycles. The monoisotopic (exact) mass is 295 g/mol. The first-order valence-electron chi connectivity index (χ1n) is 7.85. The van der Waals surface area contributed by atoms with E-state index in [0.717, 1.165) is 30.8 Å². The van der Waals surface area contributed by atoms with Crippen molar-refractivity contribution in [2.45, 2.75) is 25.0 Å². The molecule has 0 radical (unpaired) electrons. The zero-order chi connectivity index (χ0) is 15.1. The molecule has 2 atom stereocenters. The van der Waals surface area contributed by atoms with Gasteiger partial charge >= 0.3 is 0 Å². The molecule has 0 saturated carbocycles. The molecule has 0 N–H and O–H groups in total. The molecule has 3 heterocycles. The summed E-state index contributed by atoms with van der Waals surface area (Å²) in [6, 6.07) is 13.1. The largest absolute Gasteiger partial charge is 0.307 e. The van der Waals surface area contributed by atoms with Crippen molar-refractivity contribution in [3.05, 3.63) is 59.4 Å². The lowest BCUT2D eigenvalue weighted by Crippen LogP contribution is -2.28. The molecule has 2 aliphatic heterocycles. The number of anilines is 1. The first-order chi connectivity index (χ1) is 10.7. The highest BCUT2D eigenvalue weighted by Gasteiger charge is 2.39. The summed E-state index contributed by atoms with van der Waals surface area (Å²) in [4.78, 5) is 13.1. The zero-order valence-corrected chi connectivity index (χ0v) is 13.1. The summed E-state index contributed by atoms with van der Waals surface area (Å²) in [5.41, 5.74) is 4.96. The Morgan fingerprint density at radius 3 is 2.95 bits per heavy atom. The van der Waals surface area contributed by atoms with Crippen LogP contribution in [0.3, 0.4) is 0 Å². The van der Waals surface area contributed by atoms with E-state index in [0.29, 0.717) is 0 Å². The first kappa shape index (κ1) is 13.7. The van der Waals surface area contributed by atoms with Crippen LogP contribution in [0.15, 0.2) is 42.6 Å². The third-order valence-corrected chi connectivity index (χ3v) is 4.48. The second kappa shape index (κ2) is 5.38. The summed E-state index contributed by atoms with van der Waals surface area (Å²) in [6.45, 7) is 0.935. The van der Waals surface area contributed by atoms with E-state index in [4.69, 9.17) is 4.84 Å². The van der Waals surface area contributed by atoms with Gasteiger partial charge in [-0.1, -0.05) is 24.3 Å². The van der Waals surface area contributed by atoms with E-state index in [-0.39, 0.29) is 12.1 Å². The van der Waals surface area contributed by atoms with Crippen LogP contribution in [-0.2, 0) is 11.3 Å². The number of hydrogen-bond acceptors (Lipinski definition) is 4. The first-order valence-corrected chi connectivity index (χ1v) is 7.85. The van der Waals surface area contributed by atoms with Crippen molar-refractivity contribution in [3.8, 4) is 0 Å². The van der Waals surface area contributed by atoms with Gasteiger partial charge in [0.2, 0.25) is 0 Å². The van der Waals surface area contributed by atoms with Crippen molar-refractivity contribution in [2.24, 2.45) is 0 Å². The van der Waals surface area contributed by atoms with E-state index >= 15 is 0 Å². The molecule has 2 aliphatic rings. The molecular formula is C18H21N3O. The van der Waals surface area contributed by atoms with Gasteiger partial charge in [-0.2, -0.15) is 0 Å². The Bertz CT molecular complexity index is 632. The number of hydroxylamine groups is 1. The van der Waals surface area contributed by atoms with Gasteiger partial charge in [-0.05, 0) is 37.4 Å². The Balaban J connectivity index is 1.79. The van der Waals surface area contributed by atoms with Crippen LogP contribution >= 0.6 is 0 Å². The van der Waals surface area contributed by atoms with Crippen molar-refractivity contribution < 1.29 is 4.84 Å². The quantitative estimate of drug-likeness (QED) is 0.852. The van der Waals surface area contributed by atoms with Gasteiger partial charge in [-0.25, -0.2) is 5.06 Å². The number of likely N-dealkylation sites (N-methyl/N-ethyl adjacent to an activating group) is 1. The standard InChI is InChI=1S/C18H21N3O/c1-20(2)12-14-11-18-15-7-4-3-6-13(15)10-16-17(21(18)22-14)8-5-9-19-16/h3-9,14,18H,10-12H2,1-2H3. The van der Waals surface area contributed by atoms with Gasteiger partial charge in [0.25, 0.3) is 0 Å². The number of nitrogens with zero attached hydrogens (tertiary/aromatic N) is 3. The summed E-state index contributed by atoms with van der Waals surface area (Å²) in [6.07, 6.45) is 3.99. The SMILES string of the molecule is CN(C)CC1CC2c3ccccc3Cc3ncccc3N2O1. The number of fused-ring (bicyclic) bond motifs is 5. The molecule has 0 amide bonds. The normalized spacial score (nSPS) is 23.0. The number of rotatable bonds is 2. The van der Waals surface area contributed by atoms with Gasteiger partial charge < -0.3 is 4.90 Å². The molecule has 1 saturated heterocycles. The third kappa shape index (κ3) is 2.28. The van der Waals surface area contributed by atoms with Crippen molar-refractivity contribution in [2.75, 3.05) is 25.7 Å². The van der Waals surface area contributed by atoms with Crippen LogP contribution in [0.5, 0.6) is 0 Å². The van der Waals surface area contributed by atoms with Gasteiger partial charge in [-0.15, -0.1) is 0 Å². The van der Waals surface area contributed by atoms with Gasteiger partial charge in [0.1, 0.15) is 6.10 Å². The van der Waals surface area contributed by atoms with Crippen LogP contribution in [0.4, 0.5) is 5.69 Å². The highest BCUT2D eigenvalue weighted by molar-refractivity contribution is 5.56. The fourth-order valence-corrected chi connectivity index (χ4v) is 3.58. The van der Waals surface area contributed by atoms with Crippen molar-refractivity contribution in [3.63, 3.8) is 0 Å². The molecule has 1 aromatic heterocycles. The van der Waals surface area contributed by atoms with E-state index in [9.17, 15) is 0 Å². The predicted molar refractivity (Wildman–Crippen MR) is 86.7 cm³/mol. The number of hydrogen-bond donors (Lipinski definition) is 0. The van der Waals surface area contributed by atoms with E-state index in [1.54, 1.807) is 0 Å². The fraction of sp³-hybridized carbons (Fsp3) is 0.389. The molecule has 1 fully saturated rings. The second-order valence-electron chi connectivity index (χ2n) is 6.41. The smallest absolute Gasteiger partial charge is 0.101 e. The lowest BCUT2D eigenvalue weighted by Gasteiger charge is -2.24. The van der Waals surface area contributed by atoms with E-state index < -0.39 is 0 Å². The maximum atomic E-state index is 6.29. The molecule has 4 heteroatoms. The average Bonchev–Trinajstić information content (AvgIpc) is 2.85. The molecule has 22 heavy (non-hydrogen) atoms. The highest BCUT2D eigenvalue weighted by atomic mass is 16.7. The van der Waals surface area contributed by atoms with Crippen LogP contribution in [0, 0.1) is 0 Å². The summed E-state index contributed by atoms with van der Waals surface area (Å²) in [7, 11) is 4.19. The molecule has 2 aromatic rings. The maximum Gasteiger partial charge on any atom is 0.101 e. The third-order valence-electron chi connectivity index (χ3n) is 4.48. The van der Waals surface area contributed by atoms with Gasteiger partial charge in [0, 0.05) is 25.6 Å². The second-order valence-corrected chi connectivity index (χ2v) is 6.41. The minimum Gasteiger partial charge on any atom is -0.307 e. The van der Waals surface area contributed by atoms with Crippen LogP contribution in [-0.4, -0.2) is 36.6 Å². The van der Waals surface area contributed by atoms with Crippen LogP contribution in [0.1, 0.15) is 29.3 Å². The highest BCUT2D eigenvalue weighted by Crippen LogP contribution is 2.43. The van der Waals surface area contributed by atoms with Gasteiger partial charge in [0.05, 0.1) is 17.4 Å². The van der Waals surface area contributed by atoms with Crippen molar-refractivity contribution >= 4 is 5.69 Å².